The lowest BCUT2D eigenvalue weighted by molar-refractivity contribution is 0.257. The van der Waals surface area contributed by atoms with Crippen molar-refractivity contribution in [3.8, 4) is 6.07 Å². The molecule has 2 heterocycles. The number of anilines is 4. The second-order valence-corrected chi connectivity index (χ2v) is 6.94. The Balaban J connectivity index is 1.49. The van der Waals surface area contributed by atoms with E-state index in [9.17, 15) is 4.79 Å². The highest BCUT2D eigenvalue weighted by molar-refractivity contribution is 7.07. The number of hydrogen-bond donors (Lipinski definition) is 3. The zero-order chi connectivity index (χ0) is 19.3. The standard InChI is InChI=1S/C20H18N6OS/c21-9-4-10-26(15-5-2-1-3-6-15)20(27)23-14-7-8-16-17(11-14)25-19(24-16)18-12-28-13-22-18/h1-3,5-8,11-13,19,24-25H,4,10H2,(H,23,27). The summed E-state index contributed by atoms with van der Waals surface area (Å²) in [4.78, 5) is 18.7. The number of hydrogen-bond acceptors (Lipinski definition) is 6. The van der Waals surface area contributed by atoms with Gasteiger partial charge in [0.25, 0.3) is 0 Å². The molecule has 8 heteroatoms. The Labute approximate surface area is 166 Å². The van der Waals surface area contributed by atoms with E-state index >= 15 is 0 Å². The third-order valence-corrected chi connectivity index (χ3v) is 4.98. The molecule has 3 N–H and O–H groups in total. The summed E-state index contributed by atoms with van der Waals surface area (Å²) in [6.45, 7) is 0.322. The normalized spacial score (nSPS) is 14.3. The van der Waals surface area contributed by atoms with Gasteiger partial charge in [0, 0.05) is 23.3 Å². The van der Waals surface area contributed by atoms with E-state index in [1.54, 1.807) is 21.7 Å². The van der Waals surface area contributed by atoms with Crippen LogP contribution >= 0.6 is 11.3 Å². The molecule has 2 amide bonds. The van der Waals surface area contributed by atoms with Crippen LogP contribution in [0.3, 0.4) is 0 Å². The lowest BCUT2D eigenvalue weighted by Gasteiger charge is -2.22. The highest BCUT2D eigenvalue weighted by atomic mass is 32.1. The number of nitrogens with zero attached hydrogens (tertiary/aromatic N) is 3. The molecule has 1 aliphatic rings. The van der Waals surface area contributed by atoms with Crippen LogP contribution in [0.25, 0.3) is 0 Å². The molecule has 140 valence electrons. The summed E-state index contributed by atoms with van der Waals surface area (Å²) in [7, 11) is 0. The Hall–Kier alpha value is -3.57. The van der Waals surface area contributed by atoms with Crippen LogP contribution in [0.1, 0.15) is 18.3 Å². The summed E-state index contributed by atoms with van der Waals surface area (Å²) >= 11 is 1.55. The largest absolute Gasteiger partial charge is 0.359 e. The van der Waals surface area contributed by atoms with Crippen molar-refractivity contribution in [1.82, 2.24) is 4.98 Å². The van der Waals surface area contributed by atoms with Crippen LogP contribution in [-0.4, -0.2) is 17.6 Å². The first-order valence-corrected chi connectivity index (χ1v) is 9.74. The van der Waals surface area contributed by atoms with Crippen molar-refractivity contribution in [2.45, 2.75) is 12.6 Å². The van der Waals surface area contributed by atoms with Crippen molar-refractivity contribution in [2.75, 3.05) is 27.4 Å². The highest BCUT2D eigenvalue weighted by Crippen LogP contribution is 2.37. The Morgan fingerprint density at radius 2 is 2.04 bits per heavy atom. The number of carbonyl (C=O) groups is 1. The minimum atomic E-state index is -0.275. The second kappa shape index (κ2) is 7.98. The number of thiazole rings is 1. The van der Waals surface area contributed by atoms with E-state index in [1.165, 1.54) is 0 Å². The summed E-state index contributed by atoms with van der Waals surface area (Å²) in [6.07, 6.45) is 0.177. The van der Waals surface area contributed by atoms with Crippen LogP contribution in [0.2, 0.25) is 0 Å². The maximum absolute atomic E-state index is 12.8. The first kappa shape index (κ1) is 17.8. The zero-order valence-corrected chi connectivity index (χ0v) is 15.7. The number of para-hydroxylation sites is 1. The molecular weight excluding hydrogens is 372 g/mol. The van der Waals surface area contributed by atoms with Gasteiger partial charge >= 0.3 is 6.03 Å². The Bertz CT molecular complexity index is 999. The zero-order valence-electron chi connectivity index (χ0n) is 14.9. The smallest absolute Gasteiger partial charge is 0.326 e. The second-order valence-electron chi connectivity index (χ2n) is 6.22. The summed E-state index contributed by atoms with van der Waals surface area (Å²) in [5, 5.41) is 20.6. The fraction of sp³-hybridized carbons (Fsp3) is 0.150. The van der Waals surface area contributed by atoms with Gasteiger partial charge in [-0.3, -0.25) is 4.90 Å². The van der Waals surface area contributed by atoms with E-state index in [1.807, 2.05) is 53.9 Å². The number of amides is 2. The Morgan fingerprint density at radius 3 is 2.79 bits per heavy atom. The van der Waals surface area contributed by atoms with Gasteiger partial charge in [-0.25, -0.2) is 9.78 Å². The van der Waals surface area contributed by atoms with Crippen LogP contribution in [0.5, 0.6) is 0 Å². The van der Waals surface area contributed by atoms with E-state index in [0.717, 1.165) is 22.8 Å². The number of fused-ring (bicyclic) bond motifs is 1. The number of carbonyl (C=O) groups excluding carboxylic acids is 1. The average Bonchev–Trinajstić information content (AvgIpc) is 3.38. The number of benzene rings is 2. The molecule has 0 fully saturated rings. The monoisotopic (exact) mass is 390 g/mol. The van der Waals surface area contributed by atoms with Crippen molar-refractivity contribution < 1.29 is 4.79 Å². The molecule has 2 aromatic carbocycles. The number of rotatable bonds is 5. The molecule has 0 aliphatic carbocycles. The average molecular weight is 390 g/mol. The van der Waals surface area contributed by atoms with Gasteiger partial charge in [0.1, 0.15) is 6.17 Å². The predicted octanol–water partition coefficient (Wildman–Crippen LogP) is 4.63. The lowest BCUT2D eigenvalue weighted by Crippen LogP contribution is -2.35. The summed E-state index contributed by atoms with van der Waals surface area (Å²) in [6, 6.07) is 16.8. The van der Waals surface area contributed by atoms with Crippen LogP contribution in [0.4, 0.5) is 27.5 Å². The van der Waals surface area contributed by atoms with E-state index < -0.39 is 0 Å². The maximum Gasteiger partial charge on any atom is 0.326 e. The molecule has 0 saturated heterocycles. The molecule has 0 radical (unpaired) electrons. The summed E-state index contributed by atoms with van der Waals surface area (Å²) in [5.74, 6) is 0. The first-order valence-electron chi connectivity index (χ1n) is 8.80. The summed E-state index contributed by atoms with van der Waals surface area (Å²) in [5.41, 5.74) is 6.01. The quantitative estimate of drug-likeness (QED) is 0.590. The van der Waals surface area contributed by atoms with Crippen LogP contribution in [-0.2, 0) is 0 Å². The number of urea groups is 1. The van der Waals surface area contributed by atoms with Gasteiger partial charge in [-0.15, -0.1) is 11.3 Å². The molecule has 0 bridgehead atoms. The molecular formula is C20H18N6OS. The van der Waals surface area contributed by atoms with Crippen LogP contribution < -0.4 is 20.9 Å². The van der Waals surface area contributed by atoms with Crippen molar-refractivity contribution >= 4 is 40.1 Å². The molecule has 1 aromatic heterocycles. The minimum Gasteiger partial charge on any atom is -0.359 e. The molecule has 1 unspecified atom stereocenters. The van der Waals surface area contributed by atoms with Crippen molar-refractivity contribution in [2.24, 2.45) is 0 Å². The highest BCUT2D eigenvalue weighted by Gasteiger charge is 2.23. The molecule has 3 aromatic rings. The van der Waals surface area contributed by atoms with E-state index in [2.05, 4.69) is 27.0 Å². The van der Waals surface area contributed by atoms with Gasteiger partial charge < -0.3 is 16.0 Å². The fourth-order valence-corrected chi connectivity index (χ4v) is 3.62. The number of nitriles is 1. The van der Waals surface area contributed by atoms with Gasteiger partial charge in [-0.1, -0.05) is 18.2 Å². The number of aromatic nitrogens is 1. The Kier molecular flexibility index (Phi) is 5.08. The predicted molar refractivity (Wildman–Crippen MR) is 112 cm³/mol. The van der Waals surface area contributed by atoms with Crippen LogP contribution in [0, 0.1) is 11.3 Å². The van der Waals surface area contributed by atoms with Crippen molar-refractivity contribution in [3.05, 3.63) is 65.1 Å². The van der Waals surface area contributed by atoms with E-state index in [0.29, 0.717) is 12.2 Å². The fourth-order valence-electron chi connectivity index (χ4n) is 3.04. The summed E-state index contributed by atoms with van der Waals surface area (Å²) < 4.78 is 0. The van der Waals surface area contributed by atoms with Gasteiger partial charge in [0.05, 0.1) is 35.1 Å². The SMILES string of the molecule is N#CCCN(C(=O)Nc1ccc2c(c1)NC(c1cscn1)N2)c1ccccc1. The van der Waals surface area contributed by atoms with Crippen molar-refractivity contribution in [1.29, 1.82) is 5.26 Å². The minimum absolute atomic E-state index is 0.0800. The third-order valence-electron chi connectivity index (χ3n) is 4.38. The maximum atomic E-state index is 12.8. The van der Waals surface area contributed by atoms with Crippen LogP contribution in [0.15, 0.2) is 59.4 Å². The molecule has 1 atom stereocenters. The third kappa shape index (κ3) is 3.75. The van der Waals surface area contributed by atoms with E-state index in [4.69, 9.17) is 5.26 Å². The molecule has 0 spiro atoms. The van der Waals surface area contributed by atoms with Gasteiger partial charge in [-0.05, 0) is 30.3 Å². The molecule has 7 nitrogen and oxygen atoms in total. The molecule has 28 heavy (non-hydrogen) atoms. The lowest BCUT2D eigenvalue weighted by atomic mass is 10.2. The van der Waals surface area contributed by atoms with E-state index in [-0.39, 0.29) is 18.6 Å². The first-order chi connectivity index (χ1) is 13.7. The van der Waals surface area contributed by atoms with Gasteiger partial charge in [0.2, 0.25) is 0 Å². The molecule has 4 rings (SSSR count). The molecule has 0 saturated carbocycles. The van der Waals surface area contributed by atoms with Crippen molar-refractivity contribution in [3.63, 3.8) is 0 Å². The van der Waals surface area contributed by atoms with Gasteiger partial charge in [-0.2, -0.15) is 5.26 Å². The number of nitrogens with one attached hydrogen (secondary N) is 3. The topological polar surface area (TPSA) is 93.1 Å². The van der Waals surface area contributed by atoms with Gasteiger partial charge in [0.15, 0.2) is 0 Å². The Morgan fingerprint density at radius 1 is 1.21 bits per heavy atom. The molecule has 1 aliphatic heterocycles.